The molecule has 3 rings (SSSR count). The summed E-state index contributed by atoms with van der Waals surface area (Å²) in [6, 6.07) is 2.06. The van der Waals surface area contributed by atoms with Crippen LogP contribution in [0.15, 0.2) is 18.5 Å². The Morgan fingerprint density at radius 2 is 1.90 bits per heavy atom. The Morgan fingerprint density at radius 1 is 1.15 bits per heavy atom. The topological polar surface area (TPSA) is 63.6 Å². The molecule has 0 spiro atoms. The third-order valence-electron chi connectivity index (χ3n) is 3.28. The normalized spacial score (nSPS) is 14.3. The maximum absolute atomic E-state index is 4.63. The SMILES string of the molecule is CCCNc1cc(C2CC2)nc(-c2ncc(C)cn2)n1. The van der Waals surface area contributed by atoms with E-state index in [1.54, 1.807) is 12.4 Å². The van der Waals surface area contributed by atoms with Gasteiger partial charge in [-0.15, -0.1) is 0 Å². The first-order chi connectivity index (χ1) is 9.76. The number of anilines is 1. The lowest BCUT2D eigenvalue weighted by molar-refractivity contribution is 0.939. The van der Waals surface area contributed by atoms with Crippen LogP contribution in [0.2, 0.25) is 0 Å². The predicted molar refractivity (Wildman–Crippen MR) is 78.6 cm³/mol. The molecule has 0 aromatic carbocycles. The van der Waals surface area contributed by atoms with Crippen molar-refractivity contribution in [2.75, 3.05) is 11.9 Å². The zero-order valence-corrected chi connectivity index (χ0v) is 11.9. The van der Waals surface area contributed by atoms with Crippen molar-refractivity contribution in [2.45, 2.75) is 39.0 Å². The van der Waals surface area contributed by atoms with E-state index >= 15 is 0 Å². The molecule has 0 saturated heterocycles. The van der Waals surface area contributed by atoms with Gasteiger partial charge in [-0.05, 0) is 31.7 Å². The predicted octanol–water partition coefficient (Wildman–Crippen LogP) is 2.94. The summed E-state index contributed by atoms with van der Waals surface area (Å²) >= 11 is 0. The summed E-state index contributed by atoms with van der Waals surface area (Å²) in [5, 5.41) is 3.33. The van der Waals surface area contributed by atoms with Gasteiger partial charge in [0.25, 0.3) is 0 Å². The fraction of sp³-hybridized carbons (Fsp3) is 0.467. The number of hydrogen-bond acceptors (Lipinski definition) is 5. The van der Waals surface area contributed by atoms with Crippen LogP contribution < -0.4 is 5.32 Å². The molecule has 0 radical (unpaired) electrons. The van der Waals surface area contributed by atoms with E-state index < -0.39 is 0 Å². The third-order valence-corrected chi connectivity index (χ3v) is 3.28. The fourth-order valence-electron chi connectivity index (χ4n) is 2.01. The first-order valence-electron chi connectivity index (χ1n) is 7.18. The van der Waals surface area contributed by atoms with E-state index in [0.717, 1.165) is 30.0 Å². The zero-order chi connectivity index (χ0) is 13.9. The second kappa shape index (κ2) is 5.53. The Kier molecular flexibility index (Phi) is 3.58. The monoisotopic (exact) mass is 269 g/mol. The first kappa shape index (κ1) is 13.0. The Balaban J connectivity index is 1.95. The third kappa shape index (κ3) is 2.92. The molecule has 5 nitrogen and oxygen atoms in total. The van der Waals surface area contributed by atoms with Gasteiger partial charge < -0.3 is 5.32 Å². The van der Waals surface area contributed by atoms with Gasteiger partial charge in [-0.2, -0.15) is 0 Å². The maximum Gasteiger partial charge on any atom is 0.199 e. The maximum atomic E-state index is 4.63. The molecule has 0 atom stereocenters. The molecular formula is C15H19N5. The van der Waals surface area contributed by atoms with Crippen molar-refractivity contribution in [1.82, 2.24) is 19.9 Å². The van der Waals surface area contributed by atoms with Crippen molar-refractivity contribution in [3.63, 3.8) is 0 Å². The fourth-order valence-corrected chi connectivity index (χ4v) is 2.01. The van der Waals surface area contributed by atoms with E-state index in [4.69, 9.17) is 0 Å². The summed E-state index contributed by atoms with van der Waals surface area (Å²) < 4.78 is 0. The van der Waals surface area contributed by atoms with Crippen molar-refractivity contribution in [3.05, 3.63) is 29.7 Å². The van der Waals surface area contributed by atoms with Crippen molar-refractivity contribution >= 4 is 5.82 Å². The minimum atomic E-state index is 0.587. The van der Waals surface area contributed by atoms with Gasteiger partial charge in [0.15, 0.2) is 11.6 Å². The Labute approximate surface area is 118 Å². The summed E-state index contributed by atoms with van der Waals surface area (Å²) in [5.41, 5.74) is 2.15. The van der Waals surface area contributed by atoms with Crippen LogP contribution in [0.3, 0.4) is 0 Å². The second-order valence-electron chi connectivity index (χ2n) is 5.29. The molecule has 2 heterocycles. The van der Waals surface area contributed by atoms with Crippen molar-refractivity contribution in [1.29, 1.82) is 0 Å². The van der Waals surface area contributed by atoms with Gasteiger partial charge >= 0.3 is 0 Å². The van der Waals surface area contributed by atoms with E-state index in [1.807, 2.05) is 6.92 Å². The molecule has 0 aliphatic heterocycles. The highest BCUT2D eigenvalue weighted by Crippen LogP contribution is 2.39. The van der Waals surface area contributed by atoms with Crippen LogP contribution in [-0.2, 0) is 0 Å². The molecule has 1 N–H and O–H groups in total. The van der Waals surface area contributed by atoms with Crippen LogP contribution in [0.5, 0.6) is 0 Å². The number of aryl methyl sites for hydroxylation is 1. The van der Waals surface area contributed by atoms with Crippen LogP contribution >= 0.6 is 0 Å². The molecule has 104 valence electrons. The lowest BCUT2D eigenvalue weighted by Gasteiger charge is -2.08. The van der Waals surface area contributed by atoms with Crippen LogP contribution in [0.4, 0.5) is 5.82 Å². The highest BCUT2D eigenvalue weighted by molar-refractivity contribution is 5.50. The Morgan fingerprint density at radius 3 is 2.55 bits per heavy atom. The molecule has 1 aliphatic rings. The van der Waals surface area contributed by atoms with Gasteiger partial charge in [0, 0.05) is 36.6 Å². The summed E-state index contributed by atoms with van der Waals surface area (Å²) in [6.45, 7) is 5.02. The van der Waals surface area contributed by atoms with Crippen molar-refractivity contribution < 1.29 is 0 Å². The quantitative estimate of drug-likeness (QED) is 0.904. The summed E-state index contributed by atoms with van der Waals surface area (Å²) in [6.07, 6.45) is 7.11. The lowest BCUT2D eigenvalue weighted by Crippen LogP contribution is -2.06. The van der Waals surface area contributed by atoms with Crippen LogP contribution in [0.25, 0.3) is 11.6 Å². The minimum absolute atomic E-state index is 0.587. The molecule has 0 bridgehead atoms. The largest absolute Gasteiger partial charge is 0.370 e. The van der Waals surface area contributed by atoms with Crippen LogP contribution in [0, 0.1) is 6.92 Å². The molecular weight excluding hydrogens is 250 g/mol. The minimum Gasteiger partial charge on any atom is -0.370 e. The van der Waals surface area contributed by atoms with Crippen LogP contribution in [-0.4, -0.2) is 26.5 Å². The van der Waals surface area contributed by atoms with Gasteiger partial charge in [0.1, 0.15) is 5.82 Å². The average molecular weight is 269 g/mol. The van der Waals surface area contributed by atoms with Gasteiger partial charge in [0.05, 0.1) is 0 Å². The number of rotatable bonds is 5. The molecule has 5 heteroatoms. The first-order valence-corrected chi connectivity index (χ1v) is 7.18. The van der Waals surface area contributed by atoms with Gasteiger partial charge in [-0.3, -0.25) is 0 Å². The van der Waals surface area contributed by atoms with E-state index in [2.05, 4.69) is 38.2 Å². The van der Waals surface area contributed by atoms with Gasteiger partial charge in [-0.1, -0.05) is 6.92 Å². The zero-order valence-electron chi connectivity index (χ0n) is 11.9. The Bertz CT molecular complexity index is 590. The van der Waals surface area contributed by atoms with E-state index in [0.29, 0.717) is 17.6 Å². The average Bonchev–Trinajstić information content (AvgIpc) is 3.30. The highest BCUT2D eigenvalue weighted by atomic mass is 15.1. The standard InChI is InChI=1S/C15H19N5/c1-3-6-16-13-7-12(11-4-5-11)19-15(20-13)14-17-8-10(2)9-18-14/h7-9,11H,3-6H2,1-2H3,(H,16,19,20). The molecule has 2 aromatic heterocycles. The van der Waals surface area contributed by atoms with Crippen molar-refractivity contribution in [3.8, 4) is 11.6 Å². The number of aromatic nitrogens is 4. The van der Waals surface area contributed by atoms with E-state index in [9.17, 15) is 0 Å². The molecule has 1 saturated carbocycles. The molecule has 0 amide bonds. The lowest BCUT2D eigenvalue weighted by atomic mass is 10.2. The molecule has 2 aromatic rings. The number of nitrogens with zero attached hydrogens (tertiary/aromatic N) is 4. The van der Waals surface area contributed by atoms with E-state index in [1.165, 1.54) is 12.8 Å². The van der Waals surface area contributed by atoms with E-state index in [-0.39, 0.29) is 0 Å². The molecule has 1 fully saturated rings. The van der Waals surface area contributed by atoms with Gasteiger partial charge in [0.2, 0.25) is 0 Å². The second-order valence-corrected chi connectivity index (χ2v) is 5.29. The number of hydrogen-bond donors (Lipinski definition) is 1. The highest BCUT2D eigenvalue weighted by Gasteiger charge is 2.26. The molecule has 0 unspecified atom stereocenters. The van der Waals surface area contributed by atoms with Gasteiger partial charge in [-0.25, -0.2) is 19.9 Å². The summed E-state index contributed by atoms with van der Waals surface area (Å²) in [7, 11) is 0. The molecule has 20 heavy (non-hydrogen) atoms. The van der Waals surface area contributed by atoms with Crippen LogP contribution in [0.1, 0.15) is 43.4 Å². The molecule has 1 aliphatic carbocycles. The summed E-state index contributed by atoms with van der Waals surface area (Å²) in [5.74, 6) is 2.68. The summed E-state index contributed by atoms with van der Waals surface area (Å²) in [4.78, 5) is 17.8. The van der Waals surface area contributed by atoms with Crippen molar-refractivity contribution in [2.24, 2.45) is 0 Å². The number of nitrogens with one attached hydrogen (secondary N) is 1. The smallest absolute Gasteiger partial charge is 0.199 e. The Hall–Kier alpha value is -2.04.